The number of carbonyl (C=O) groups excluding carboxylic acids is 2. The van der Waals surface area contributed by atoms with Crippen molar-refractivity contribution in [3.8, 4) is 0 Å². The molecule has 0 fully saturated rings. The molecular formula is C58H108N2O4. The predicted octanol–water partition coefficient (Wildman–Crippen LogP) is 18.2. The third-order valence-electron chi connectivity index (χ3n) is 13.4. The SMILES string of the molecule is CCCCCCCCCCCCN(CCCCCCCCCCCC)COC(=O)c1ccccc1C(=O)OCN(CCCCCCCCCCCC)CCCCCCCCCCCC. The minimum atomic E-state index is -0.434. The van der Waals surface area contributed by atoms with Gasteiger partial charge in [-0.25, -0.2) is 9.59 Å². The second-order valence-corrected chi connectivity index (χ2v) is 19.6. The quantitative estimate of drug-likeness (QED) is 0.0369. The van der Waals surface area contributed by atoms with Crippen molar-refractivity contribution in [3.63, 3.8) is 0 Å². The van der Waals surface area contributed by atoms with Crippen LogP contribution >= 0.6 is 0 Å². The van der Waals surface area contributed by atoms with Crippen LogP contribution in [0.25, 0.3) is 0 Å². The summed E-state index contributed by atoms with van der Waals surface area (Å²) in [5.74, 6) is -0.868. The Morgan fingerprint density at radius 2 is 0.500 bits per heavy atom. The summed E-state index contributed by atoms with van der Waals surface area (Å²) in [6.45, 7) is 13.4. The largest absolute Gasteiger partial charge is 0.446 e. The van der Waals surface area contributed by atoms with Crippen LogP contribution in [0.1, 0.15) is 305 Å². The molecule has 0 atom stereocenters. The van der Waals surface area contributed by atoms with E-state index >= 15 is 0 Å². The second kappa shape index (κ2) is 47.6. The van der Waals surface area contributed by atoms with E-state index in [0.29, 0.717) is 11.1 Å². The minimum absolute atomic E-state index is 0.266. The van der Waals surface area contributed by atoms with Gasteiger partial charge >= 0.3 is 11.9 Å². The molecule has 1 aromatic carbocycles. The molecule has 0 radical (unpaired) electrons. The molecule has 374 valence electrons. The highest BCUT2D eigenvalue weighted by atomic mass is 16.6. The second-order valence-electron chi connectivity index (χ2n) is 19.6. The van der Waals surface area contributed by atoms with Gasteiger partial charge in [0, 0.05) is 26.2 Å². The fourth-order valence-electron chi connectivity index (χ4n) is 9.07. The number of benzene rings is 1. The molecule has 0 aliphatic heterocycles. The van der Waals surface area contributed by atoms with Crippen molar-refractivity contribution in [1.29, 1.82) is 0 Å². The molecule has 0 N–H and O–H groups in total. The maximum Gasteiger partial charge on any atom is 0.340 e. The normalized spacial score (nSPS) is 11.6. The molecule has 64 heavy (non-hydrogen) atoms. The Kier molecular flexibility index (Phi) is 44.7. The van der Waals surface area contributed by atoms with E-state index in [9.17, 15) is 9.59 Å². The Balaban J connectivity index is 2.71. The average molecular weight is 898 g/mol. The lowest BCUT2D eigenvalue weighted by molar-refractivity contribution is 0.0164. The van der Waals surface area contributed by atoms with Gasteiger partial charge in [0.2, 0.25) is 0 Å². The van der Waals surface area contributed by atoms with Gasteiger partial charge in [-0.3, -0.25) is 9.80 Å². The Morgan fingerprint density at radius 3 is 0.703 bits per heavy atom. The van der Waals surface area contributed by atoms with Crippen molar-refractivity contribution in [2.45, 2.75) is 285 Å². The van der Waals surface area contributed by atoms with Gasteiger partial charge in [-0.1, -0.05) is 271 Å². The van der Waals surface area contributed by atoms with Gasteiger partial charge in [-0.05, 0) is 37.8 Å². The van der Waals surface area contributed by atoms with Crippen LogP contribution in [0.15, 0.2) is 24.3 Å². The smallest absolute Gasteiger partial charge is 0.340 e. The number of hydrogen-bond donors (Lipinski definition) is 0. The molecule has 0 heterocycles. The fourth-order valence-corrected chi connectivity index (χ4v) is 9.07. The number of hydrogen-bond acceptors (Lipinski definition) is 6. The number of rotatable bonds is 50. The summed E-state index contributed by atoms with van der Waals surface area (Å²) in [6, 6.07) is 7.08. The lowest BCUT2D eigenvalue weighted by Gasteiger charge is -2.23. The van der Waals surface area contributed by atoms with Crippen LogP contribution in [0.5, 0.6) is 0 Å². The third kappa shape index (κ3) is 37.2. The summed E-state index contributed by atoms with van der Waals surface area (Å²) in [5, 5.41) is 0. The Labute approximate surface area is 398 Å². The number of unbranched alkanes of at least 4 members (excludes halogenated alkanes) is 36. The molecule has 0 saturated carbocycles. The fraction of sp³-hybridized carbons (Fsp3) is 0.862. The molecule has 1 rings (SSSR count). The first-order chi connectivity index (χ1) is 31.6. The molecule has 1 aromatic rings. The zero-order chi connectivity index (χ0) is 46.2. The topological polar surface area (TPSA) is 59.1 Å². The first-order valence-corrected chi connectivity index (χ1v) is 28.4. The maximum absolute atomic E-state index is 13.7. The zero-order valence-electron chi connectivity index (χ0n) is 43.4. The van der Waals surface area contributed by atoms with Crippen molar-refractivity contribution in [2.75, 3.05) is 39.6 Å². The van der Waals surface area contributed by atoms with Crippen molar-refractivity contribution in [2.24, 2.45) is 0 Å². The summed E-state index contributed by atoms with van der Waals surface area (Å²) in [7, 11) is 0. The van der Waals surface area contributed by atoms with Crippen molar-refractivity contribution >= 4 is 11.9 Å². The van der Waals surface area contributed by atoms with E-state index in [1.807, 2.05) is 12.1 Å². The lowest BCUT2D eigenvalue weighted by atomic mass is 10.1. The Bertz CT molecular complexity index is 1010. The molecule has 0 saturated heterocycles. The zero-order valence-corrected chi connectivity index (χ0v) is 43.4. The lowest BCUT2D eigenvalue weighted by Crippen LogP contribution is -2.31. The van der Waals surface area contributed by atoms with Gasteiger partial charge in [0.1, 0.15) is 13.5 Å². The molecule has 0 spiro atoms. The van der Waals surface area contributed by atoms with Crippen LogP contribution in [0, 0.1) is 0 Å². The van der Waals surface area contributed by atoms with Gasteiger partial charge in [0.15, 0.2) is 0 Å². The summed E-state index contributed by atoms with van der Waals surface area (Å²) in [5.41, 5.74) is 0.613. The number of esters is 2. The highest BCUT2D eigenvalue weighted by Crippen LogP contribution is 2.18. The molecule has 0 amide bonds. The summed E-state index contributed by atoms with van der Waals surface area (Å²) in [4.78, 5) is 32.0. The minimum Gasteiger partial charge on any atom is -0.446 e. The van der Waals surface area contributed by atoms with Crippen LogP contribution in [-0.4, -0.2) is 61.4 Å². The summed E-state index contributed by atoms with van der Waals surface area (Å²) >= 11 is 0. The van der Waals surface area contributed by atoms with Gasteiger partial charge in [0.25, 0.3) is 0 Å². The van der Waals surface area contributed by atoms with Crippen molar-refractivity contribution in [3.05, 3.63) is 35.4 Å². The van der Waals surface area contributed by atoms with E-state index in [4.69, 9.17) is 9.47 Å². The highest BCUT2D eigenvalue weighted by molar-refractivity contribution is 6.03. The number of nitrogens with zero attached hydrogens (tertiary/aromatic N) is 2. The number of ether oxygens (including phenoxy) is 2. The van der Waals surface area contributed by atoms with Crippen LogP contribution in [0.2, 0.25) is 0 Å². The van der Waals surface area contributed by atoms with Crippen LogP contribution < -0.4 is 0 Å². The van der Waals surface area contributed by atoms with E-state index < -0.39 is 11.9 Å². The molecule has 6 nitrogen and oxygen atoms in total. The maximum atomic E-state index is 13.7. The Morgan fingerprint density at radius 1 is 0.312 bits per heavy atom. The third-order valence-corrected chi connectivity index (χ3v) is 13.4. The van der Waals surface area contributed by atoms with Crippen molar-refractivity contribution in [1.82, 2.24) is 9.80 Å². The summed E-state index contributed by atoms with van der Waals surface area (Å²) in [6.07, 6.45) is 52.4. The first kappa shape index (κ1) is 60.1. The monoisotopic (exact) mass is 897 g/mol. The van der Waals surface area contributed by atoms with Crippen molar-refractivity contribution < 1.29 is 19.1 Å². The van der Waals surface area contributed by atoms with E-state index in [1.165, 1.54) is 231 Å². The van der Waals surface area contributed by atoms with Gasteiger partial charge in [0.05, 0.1) is 11.1 Å². The van der Waals surface area contributed by atoms with E-state index in [0.717, 1.165) is 51.9 Å². The van der Waals surface area contributed by atoms with E-state index in [1.54, 1.807) is 12.1 Å². The molecule has 0 aromatic heterocycles. The first-order valence-electron chi connectivity index (χ1n) is 28.4. The highest BCUT2D eigenvalue weighted by Gasteiger charge is 2.21. The summed E-state index contributed by atoms with van der Waals surface area (Å²) < 4.78 is 12.0. The van der Waals surface area contributed by atoms with E-state index in [-0.39, 0.29) is 13.5 Å². The van der Waals surface area contributed by atoms with Crippen LogP contribution in [0.4, 0.5) is 0 Å². The molecule has 6 heteroatoms. The van der Waals surface area contributed by atoms with Gasteiger partial charge in [-0.15, -0.1) is 0 Å². The van der Waals surface area contributed by atoms with Gasteiger partial charge < -0.3 is 9.47 Å². The predicted molar refractivity (Wildman–Crippen MR) is 278 cm³/mol. The van der Waals surface area contributed by atoms with E-state index in [2.05, 4.69) is 37.5 Å². The van der Waals surface area contributed by atoms with Crippen LogP contribution in [0.3, 0.4) is 0 Å². The molecule has 0 aliphatic carbocycles. The molecule has 0 unspecified atom stereocenters. The van der Waals surface area contributed by atoms with Gasteiger partial charge in [-0.2, -0.15) is 0 Å². The standard InChI is InChI=1S/C58H108N2O4/c1-5-9-13-17-21-25-29-33-37-43-49-59(50-44-38-34-30-26-22-18-14-10-6-2)53-63-57(61)55-47-41-42-48-56(55)58(62)64-54-60(51-45-39-35-31-27-23-19-15-11-7-3)52-46-40-36-32-28-24-20-16-12-8-4/h41-42,47-48H,5-40,43-46,49-54H2,1-4H3. The molecular weight excluding hydrogens is 789 g/mol. The molecule has 0 bridgehead atoms. The molecule has 0 aliphatic rings. The Hall–Kier alpha value is -1.92. The van der Waals surface area contributed by atoms with Crippen LogP contribution in [-0.2, 0) is 9.47 Å². The number of carbonyl (C=O) groups is 2. The average Bonchev–Trinajstić information content (AvgIpc) is 3.31.